The van der Waals surface area contributed by atoms with Gasteiger partial charge in [0.05, 0.1) is 28.8 Å². The molecule has 1 fully saturated rings. The average Bonchev–Trinajstić information content (AvgIpc) is 3.30. The van der Waals surface area contributed by atoms with Gasteiger partial charge in [0, 0.05) is 11.6 Å². The molecule has 1 N–H and O–H groups in total. The zero-order chi connectivity index (χ0) is 22.3. The van der Waals surface area contributed by atoms with Crippen LogP contribution in [0.25, 0.3) is 5.76 Å². The third kappa shape index (κ3) is 3.66. The van der Waals surface area contributed by atoms with Gasteiger partial charge in [-0.1, -0.05) is 34.4 Å². The maximum Gasteiger partial charge on any atom is 0.301 e. The van der Waals surface area contributed by atoms with E-state index in [4.69, 9.17) is 32.5 Å². The van der Waals surface area contributed by atoms with Gasteiger partial charge < -0.3 is 14.4 Å². The van der Waals surface area contributed by atoms with Crippen LogP contribution >= 0.6 is 23.2 Å². The number of hydrogen-bond acceptors (Lipinski definition) is 6. The second-order valence-corrected chi connectivity index (χ2v) is 7.68. The molecule has 9 heteroatoms. The monoisotopic (exact) mass is 458 g/mol. The van der Waals surface area contributed by atoms with E-state index in [0.29, 0.717) is 27.7 Å². The first-order valence-electron chi connectivity index (χ1n) is 9.15. The molecule has 4 rings (SSSR count). The van der Waals surface area contributed by atoms with Crippen molar-refractivity contribution in [1.29, 1.82) is 0 Å². The Morgan fingerprint density at radius 1 is 1.10 bits per heavy atom. The van der Waals surface area contributed by atoms with Crippen LogP contribution in [0, 0.1) is 6.92 Å². The van der Waals surface area contributed by atoms with Crippen molar-refractivity contribution >= 4 is 46.5 Å². The topological polar surface area (TPSA) is 92.9 Å². The summed E-state index contributed by atoms with van der Waals surface area (Å²) in [6.07, 6.45) is 0. The predicted molar refractivity (Wildman–Crippen MR) is 115 cm³/mol. The molecular weight excluding hydrogens is 443 g/mol. The molecule has 31 heavy (non-hydrogen) atoms. The van der Waals surface area contributed by atoms with Crippen molar-refractivity contribution in [2.45, 2.75) is 13.0 Å². The molecular formula is C22H16Cl2N2O5. The SMILES string of the molecule is COc1ccc(C(O)=C2C(=O)C(=O)N(c3cc(C)on3)[C@@H]2c2ccc(Cl)c(Cl)c2)cc1. The van der Waals surface area contributed by atoms with E-state index in [1.807, 2.05) is 0 Å². The Morgan fingerprint density at radius 2 is 1.81 bits per heavy atom. The third-order valence-corrected chi connectivity index (χ3v) is 5.67. The highest BCUT2D eigenvalue weighted by Gasteiger charge is 2.48. The lowest BCUT2D eigenvalue weighted by Crippen LogP contribution is -2.29. The van der Waals surface area contributed by atoms with E-state index >= 15 is 0 Å². The first-order valence-corrected chi connectivity index (χ1v) is 9.91. The number of hydrogen-bond donors (Lipinski definition) is 1. The number of aromatic nitrogens is 1. The number of carbonyl (C=O) groups is 2. The highest BCUT2D eigenvalue weighted by Crippen LogP contribution is 2.43. The molecule has 1 aliphatic rings. The molecule has 2 aromatic carbocycles. The molecule has 1 aliphatic heterocycles. The summed E-state index contributed by atoms with van der Waals surface area (Å²) in [6, 6.07) is 11.7. The zero-order valence-corrected chi connectivity index (χ0v) is 17.9. The number of nitrogens with zero attached hydrogens (tertiary/aromatic N) is 2. The first kappa shape index (κ1) is 21.0. The average molecular weight is 459 g/mol. The molecule has 1 atom stereocenters. The maximum absolute atomic E-state index is 13.0. The van der Waals surface area contributed by atoms with Crippen molar-refractivity contribution in [3.05, 3.63) is 81.0 Å². The molecule has 158 valence electrons. The second kappa shape index (κ2) is 8.09. The summed E-state index contributed by atoms with van der Waals surface area (Å²) in [5.74, 6) is -0.857. The van der Waals surface area contributed by atoms with Crippen molar-refractivity contribution in [2.75, 3.05) is 12.0 Å². The van der Waals surface area contributed by atoms with Crippen LogP contribution in [-0.4, -0.2) is 29.1 Å². The van der Waals surface area contributed by atoms with Gasteiger partial charge in [0.1, 0.15) is 17.3 Å². The number of anilines is 1. The van der Waals surface area contributed by atoms with Gasteiger partial charge in [-0.25, -0.2) is 0 Å². The number of carbonyl (C=O) groups excluding carboxylic acids is 2. The van der Waals surface area contributed by atoms with Crippen LogP contribution in [0.15, 0.2) is 58.6 Å². The van der Waals surface area contributed by atoms with E-state index < -0.39 is 17.7 Å². The summed E-state index contributed by atoms with van der Waals surface area (Å²) < 4.78 is 10.2. The van der Waals surface area contributed by atoms with Gasteiger partial charge in [-0.3, -0.25) is 14.5 Å². The minimum absolute atomic E-state index is 0.103. The van der Waals surface area contributed by atoms with Crippen LogP contribution in [0.2, 0.25) is 10.0 Å². The summed E-state index contributed by atoms with van der Waals surface area (Å²) in [5.41, 5.74) is 0.721. The summed E-state index contributed by atoms with van der Waals surface area (Å²) in [5, 5.41) is 15.5. The van der Waals surface area contributed by atoms with Gasteiger partial charge in [-0.15, -0.1) is 0 Å². The molecule has 1 amide bonds. The summed E-state index contributed by atoms with van der Waals surface area (Å²) >= 11 is 12.2. The molecule has 0 bridgehead atoms. The second-order valence-electron chi connectivity index (χ2n) is 6.87. The number of rotatable bonds is 4. The van der Waals surface area contributed by atoms with Crippen LogP contribution in [0.5, 0.6) is 5.75 Å². The number of ether oxygens (including phenoxy) is 1. The number of amides is 1. The molecule has 0 radical (unpaired) electrons. The van der Waals surface area contributed by atoms with Crippen LogP contribution < -0.4 is 9.64 Å². The maximum atomic E-state index is 13.0. The van der Waals surface area contributed by atoms with Crippen molar-refractivity contribution < 1.29 is 24.0 Å². The largest absolute Gasteiger partial charge is 0.507 e. The third-order valence-electron chi connectivity index (χ3n) is 4.93. The number of methoxy groups -OCH3 is 1. The van der Waals surface area contributed by atoms with E-state index in [1.165, 1.54) is 18.1 Å². The number of Topliss-reactive ketones (excluding diaryl/α,β-unsaturated/α-hetero) is 1. The van der Waals surface area contributed by atoms with Crippen LogP contribution in [0.3, 0.4) is 0 Å². The highest BCUT2D eigenvalue weighted by atomic mass is 35.5. The Kier molecular flexibility index (Phi) is 5.47. The molecule has 2 heterocycles. The van der Waals surface area contributed by atoms with E-state index in [0.717, 1.165) is 0 Å². The van der Waals surface area contributed by atoms with Crippen molar-refractivity contribution in [3.8, 4) is 5.75 Å². The van der Waals surface area contributed by atoms with E-state index in [-0.39, 0.29) is 22.2 Å². The fourth-order valence-corrected chi connectivity index (χ4v) is 3.74. The summed E-state index contributed by atoms with van der Waals surface area (Å²) in [7, 11) is 1.52. The number of aryl methyl sites for hydroxylation is 1. The van der Waals surface area contributed by atoms with Crippen LogP contribution in [-0.2, 0) is 9.59 Å². The molecule has 7 nitrogen and oxygen atoms in total. The molecule has 0 unspecified atom stereocenters. The Hall–Kier alpha value is -3.29. The number of aliphatic hydroxyl groups excluding tert-OH is 1. The number of aliphatic hydroxyl groups is 1. The van der Waals surface area contributed by atoms with Gasteiger partial charge in [0.25, 0.3) is 5.78 Å². The standard InChI is InChI=1S/C22H16Cl2N2O5/c1-11-9-17(25-31-11)26-19(13-5-8-15(23)16(24)10-13)18(21(28)22(26)29)20(27)12-3-6-14(30-2)7-4-12/h3-10,19,27H,1-2H3/t19-/m1/s1. The number of benzene rings is 2. The fourth-order valence-electron chi connectivity index (χ4n) is 3.44. The smallest absolute Gasteiger partial charge is 0.301 e. The molecule has 1 saturated heterocycles. The normalized spacial score (nSPS) is 17.9. The van der Waals surface area contributed by atoms with Crippen molar-refractivity contribution in [3.63, 3.8) is 0 Å². The minimum Gasteiger partial charge on any atom is -0.507 e. The Morgan fingerprint density at radius 3 is 2.39 bits per heavy atom. The Balaban J connectivity index is 1.93. The highest BCUT2D eigenvalue weighted by molar-refractivity contribution is 6.51. The quantitative estimate of drug-likeness (QED) is 0.338. The van der Waals surface area contributed by atoms with E-state index in [9.17, 15) is 14.7 Å². The van der Waals surface area contributed by atoms with Crippen LogP contribution in [0.4, 0.5) is 5.82 Å². The van der Waals surface area contributed by atoms with Gasteiger partial charge in [0.2, 0.25) is 0 Å². The van der Waals surface area contributed by atoms with Gasteiger partial charge in [-0.2, -0.15) is 0 Å². The lowest BCUT2D eigenvalue weighted by Gasteiger charge is -2.23. The Bertz CT molecular complexity index is 1220. The predicted octanol–water partition coefficient (Wildman–Crippen LogP) is 4.92. The lowest BCUT2D eigenvalue weighted by molar-refractivity contribution is -0.132. The Labute approximate surface area is 187 Å². The first-order chi connectivity index (χ1) is 14.8. The minimum atomic E-state index is -0.985. The van der Waals surface area contributed by atoms with Crippen molar-refractivity contribution in [2.24, 2.45) is 0 Å². The van der Waals surface area contributed by atoms with E-state index in [2.05, 4.69) is 5.16 Å². The summed E-state index contributed by atoms with van der Waals surface area (Å²) in [4.78, 5) is 27.2. The molecule has 0 spiro atoms. The van der Waals surface area contributed by atoms with Gasteiger partial charge >= 0.3 is 5.91 Å². The molecule has 1 aromatic heterocycles. The zero-order valence-electron chi connectivity index (χ0n) is 16.4. The number of ketones is 1. The lowest BCUT2D eigenvalue weighted by atomic mass is 9.95. The van der Waals surface area contributed by atoms with Gasteiger partial charge in [0.15, 0.2) is 5.82 Å². The molecule has 0 aliphatic carbocycles. The fraction of sp³-hybridized carbons (Fsp3) is 0.136. The number of halogens is 2. The molecule has 3 aromatic rings. The van der Waals surface area contributed by atoms with Gasteiger partial charge in [-0.05, 0) is 48.9 Å². The summed E-state index contributed by atoms with van der Waals surface area (Å²) in [6.45, 7) is 1.67. The van der Waals surface area contributed by atoms with Crippen LogP contribution in [0.1, 0.15) is 22.9 Å². The van der Waals surface area contributed by atoms with E-state index in [1.54, 1.807) is 49.4 Å². The molecule has 0 saturated carbocycles. The van der Waals surface area contributed by atoms with Crippen molar-refractivity contribution in [1.82, 2.24) is 5.16 Å².